The molecule has 0 spiro atoms. The van der Waals surface area contributed by atoms with Gasteiger partial charge in [0.2, 0.25) is 5.88 Å². The highest BCUT2D eigenvalue weighted by molar-refractivity contribution is 5.20. The van der Waals surface area contributed by atoms with Crippen LogP contribution in [0.4, 0.5) is 13.2 Å². The minimum Gasteiger partial charge on any atom is -0.468 e. The molecule has 2 atom stereocenters. The Morgan fingerprint density at radius 2 is 2.05 bits per heavy atom. The maximum absolute atomic E-state index is 11.9. The Balaban J connectivity index is 2.60. The highest BCUT2D eigenvalue weighted by atomic mass is 19.4. The molecule has 1 heterocycles. The summed E-state index contributed by atoms with van der Waals surface area (Å²) in [7, 11) is 1.61. The van der Waals surface area contributed by atoms with Crippen LogP contribution in [0.15, 0.2) is 18.3 Å². The van der Waals surface area contributed by atoms with Crippen LogP contribution in [0.1, 0.15) is 11.7 Å². The van der Waals surface area contributed by atoms with Crippen LogP contribution in [0.5, 0.6) is 5.88 Å². The molecule has 19 heavy (non-hydrogen) atoms. The van der Waals surface area contributed by atoms with E-state index in [2.05, 4.69) is 15.0 Å². The molecular weight excluding hydrogens is 265 g/mol. The first-order valence-electron chi connectivity index (χ1n) is 5.49. The number of hydrogen-bond donors (Lipinski definition) is 3. The molecule has 8 heteroatoms. The molecule has 1 rings (SSSR count). The van der Waals surface area contributed by atoms with Crippen molar-refractivity contribution in [2.75, 3.05) is 20.2 Å². The van der Waals surface area contributed by atoms with Gasteiger partial charge in [0, 0.05) is 24.4 Å². The lowest BCUT2D eigenvalue weighted by Crippen LogP contribution is -2.29. The van der Waals surface area contributed by atoms with Gasteiger partial charge in [0.1, 0.15) is 6.10 Å². The number of nitrogens with one attached hydrogen (secondary N) is 1. The molecule has 0 aromatic carbocycles. The van der Waals surface area contributed by atoms with Crippen LogP contribution >= 0.6 is 0 Å². The Morgan fingerprint density at radius 1 is 1.37 bits per heavy atom. The van der Waals surface area contributed by atoms with Gasteiger partial charge in [0.15, 0.2) is 6.61 Å². The van der Waals surface area contributed by atoms with Gasteiger partial charge in [-0.2, -0.15) is 13.2 Å². The lowest BCUT2D eigenvalue weighted by atomic mass is 10.1. The molecule has 0 saturated carbocycles. The van der Waals surface area contributed by atoms with E-state index in [0.29, 0.717) is 5.56 Å². The summed E-state index contributed by atoms with van der Waals surface area (Å²) in [5.74, 6) is -0.198. The fourth-order valence-corrected chi connectivity index (χ4v) is 1.35. The van der Waals surface area contributed by atoms with E-state index < -0.39 is 25.0 Å². The second-order valence-corrected chi connectivity index (χ2v) is 3.90. The summed E-state index contributed by atoms with van der Waals surface area (Å²) in [6.45, 7) is -1.25. The molecule has 0 fully saturated rings. The van der Waals surface area contributed by atoms with Gasteiger partial charge in [0.25, 0.3) is 0 Å². The minimum absolute atomic E-state index is 0.174. The van der Waals surface area contributed by atoms with E-state index in [1.165, 1.54) is 12.1 Å². The highest BCUT2D eigenvalue weighted by Crippen LogP contribution is 2.20. The van der Waals surface area contributed by atoms with Crippen molar-refractivity contribution in [1.82, 2.24) is 10.3 Å². The molecule has 108 valence electrons. The molecule has 0 radical (unpaired) electrons. The van der Waals surface area contributed by atoms with E-state index >= 15 is 0 Å². The average Bonchev–Trinajstić information content (AvgIpc) is 2.35. The van der Waals surface area contributed by atoms with Gasteiger partial charge in [-0.3, -0.25) is 0 Å². The third kappa shape index (κ3) is 5.41. The minimum atomic E-state index is -4.43. The van der Waals surface area contributed by atoms with Gasteiger partial charge in [-0.25, -0.2) is 4.98 Å². The number of nitrogens with zero attached hydrogens (tertiary/aromatic N) is 1. The van der Waals surface area contributed by atoms with Crippen LogP contribution in [0.2, 0.25) is 0 Å². The van der Waals surface area contributed by atoms with E-state index in [0.717, 1.165) is 6.20 Å². The molecule has 5 nitrogen and oxygen atoms in total. The van der Waals surface area contributed by atoms with E-state index in [1.807, 2.05) is 0 Å². The molecule has 0 saturated heterocycles. The predicted octanol–water partition coefficient (Wildman–Crippen LogP) is 0.636. The molecule has 1 aromatic rings. The second-order valence-electron chi connectivity index (χ2n) is 3.90. The molecule has 0 aliphatic heterocycles. The summed E-state index contributed by atoms with van der Waals surface area (Å²) in [5.41, 5.74) is 0.294. The van der Waals surface area contributed by atoms with Gasteiger partial charge in [0.05, 0.1) is 6.10 Å². The molecule has 0 aliphatic carbocycles. The first-order valence-corrected chi connectivity index (χ1v) is 5.49. The number of aliphatic hydroxyl groups excluding tert-OH is 2. The summed E-state index contributed by atoms with van der Waals surface area (Å²) in [6, 6.07) is 2.55. The third-order valence-electron chi connectivity index (χ3n) is 2.26. The van der Waals surface area contributed by atoms with Crippen molar-refractivity contribution >= 4 is 0 Å². The molecule has 3 N–H and O–H groups in total. The van der Waals surface area contributed by atoms with Crippen molar-refractivity contribution in [3.8, 4) is 5.88 Å². The number of aromatic nitrogens is 1. The summed E-state index contributed by atoms with van der Waals surface area (Å²) in [4.78, 5) is 3.63. The lowest BCUT2D eigenvalue weighted by Gasteiger charge is -2.17. The number of pyridine rings is 1. The predicted molar refractivity (Wildman–Crippen MR) is 60.7 cm³/mol. The standard InChI is InChI=1S/C11H15F3N2O3/c1-15-5-8(17)10(18)7-2-3-9(16-4-7)19-6-11(12,13)14/h2-4,8,10,15,17-18H,5-6H2,1H3. The number of likely N-dealkylation sites (N-methyl/N-ethyl adjacent to an activating group) is 1. The zero-order valence-electron chi connectivity index (χ0n) is 10.2. The summed E-state index contributed by atoms with van der Waals surface area (Å²) >= 11 is 0. The maximum atomic E-state index is 11.9. The Kier molecular flexibility index (Phi) is 5.52. The maximum Gasteiger partial charge on any atom is 0.422 e. The van der Waals surface area contributed by atoms with Crippen molar-refractivity contribution in [2.45, 2.75) is 18.4 Å². The Hall–Kier alpha value is -1.38. The Bertz CT molecular complexity index is 384. The van der Waals surface area contributed by atoms with Crippen molar-refractivity contribution in [1.29, 1.82) is 0 Å². The van der Waals surface area contributed by atoms with Crippen molar-refractivity contribution in [3.05, 3.63) is 23.9 Å². The van der Waals surface area contributed by atoms with Crippen LogP contribution in [0, 0.1) is 0 Å². The van der Waals surface area contributed by atoms with Crippen LogP contribution < -0.4 is 10.1 Å². The van der Waals surface area contributed by atoms with Crippen molar-refractivity contribution in [3.63, 3.8) is 0 Å². The van der Waals surface area contributed by atoms with Crippen LogP contribution in [-0.2, 0) is 0 Å². The van der Waals surface area contributed by atoms with E-state index in [9.17, 15) is 23.4 Å². The van der Waals surface area contributed by atoms with Gasteiger partial charge in [-0.15, -0.1) is 0 Å². The smallest absolute Gasteiger partial charge is 0.422 e. The molecule has 0 bridgehead atoms. The molecular formula is C11H15F3N2O3. The van der Waals surface area contributed by atoms with Gasteiger partial charge >= 0.3 is 6.18 Å². The zero-order chi connectivity index (χ0) is 14.5. The fraction of sp³-hybridized carbons (Fsp3) is 0.545. The van der Waals surface area contributed by atoms with Gasteiger partial charge in [-0.05, 0) is 13.1 Å². The van der Waals surface area contributed by atoms with Gasteiger partial charge < -0.3 is 20.3 Å². The topological polar surface area (TPSA) is 74.6 Å². The largest absolute Gasteiger partial charge is 0.468 e. The molecule has 0 aliphatic rings. The number of rotatable bonds is 6. The molecule has 2 unspecified atom stereocenters. The van der Waals surface area contributed by atoms with E-state index in [4.69, 9.17) is 0 Å². The Labute approximate surface area is 108 Å². The highest BCUT2D eigenvalue weighted by Gasteiger charge is 2.28. The van der Waals surface area contributed by atoms with Crippen molar-refractivity contribution in [2.24, 2.45) is 0 Å². The summed E-state index contributed by atoms with van der Waals surface area (Å²) < 4.78 is 40.1. The van der Waals surface area contributed by atoms with E-state index in [-0.39, 0.29) is 12.4 Å². The average molecular weight is 280 g/mol. The van der Waals surface area contributed by atoms with Crippen LogP contribution in [0.3, 0.4) is 0 Å². The number of aliphatic hydroxyl groups is 2. The normalized spacial score (nSPS) is 15.1. The first-order chi connectivity index (χ1) is 8.83. The fourth-order valence-electron chi connectivity index (χ4n) is 1.35. The van der Waals surface area contributed by atoms with Crippen LogP contribution in [0.25, 0.3) is 0 Å². The zero-order valence-corrected chi connectivity index (χ0v) is 10.2. The number of halogens is 3. The quantitative estimate of drug-likeness (QED) is 0.713. The first kappa shape index (κ1) is 15.7. The van der Waals surface area contributed by atoms with E-state index in [1.54, 1.807) is 7.05 Å². The third-order valence-corrected chi connectivity index (χ3v) is 2.26. The number of ether oxygens (including phenoxy) is 1. The Morgan fingerprint density at radius 3 is 2.53 bits per heavy atom. The molecule has 1 aromatic heterocycles. The van der Waals surface area contributed by atoms with Crippen LogP contribution in [-0.4, -0.2) is 47.7 Å². The second kappa shape index (κ2) is 6.69. The van der Waals surface area contributed by atoms with Gasteiger partial charge in [-0.1, -0.05) is 0 Å². The summed E-state index contributed by atoms with van der Waals surface area (Å²) in [6.07, 6.45) is -5.47. The monoisotopic (exact) mass is 280 g/mol. The number of alkyl halides is 3. The summed E-state index contributed by atoms with van der Waals surface area (Å²) in [5, 5.41) is 21.9. The lowest BCUT2D eigenvalue weighted by molar-refractivity contribution is -0.154. The SMILES string of the molecule is CNCC(O)C(O)c1ccc(OCC(F)(F)F)nc1. The number of hydrogen-bond acceptors (Lipinski definition) is 5. The van der Waals surface area contributed by atoms with Crippen molar-refractivity contribution < 1.29 is 28.1 Å². The molecule has 0 amide bonds.